The van der Waals surface area contributed by atoms with Crippen molar-refractivity contribution in [3.63, 3.8) is 0 Å². The van der Waals surface area contributed by atoms with Gasteiger partial charge in [0.15, 0.2) is 6.33 Å². The summed E-state index contributed by atoms with van der Waals surface area (Å²) < 4.78 is 4.85. The zero-order valence-corrected chi connectivity index (χ0v) is 9.57. The smallest absolute Gasteiger partial charge is 0.269 e. The Kier molecular flexibility index (Phi) is 3.98. The second-order valence-corrected chi connectivity index (χ2v) is 3.69. The second-order valence-electron chi connectivity index (χ2n) is 3.69. The minimum Gasteiger partial charge on any atom is -0.340 e. The predicted molar refractivity (Wildman–Crippen MR) is 62.8 cm³/mol. The van der Waals surface area contributed by atoms with E-state index in [9.17, 15) is 10.1 Å². The molecule has 1 N–H and O–H groups in total. The first-order chi connectivity index (χ1) is 8.75. The number of rotatable bonds is 6. The summed E-state index contributed by atoms with van der Waals surface area (Å²) in [7, 11) is 0. The van der Waals surface area contributed by atoms with Gasteiger partial charge in [0.2, 0.25) is 5.89 Å². The van der Waals surface area contributed by atoms with Crippen molar-refractivity contribution in [2.45, 2.75) is 13.0 Å². The Morgan fingerprint density at radius 3 is 3.06 bits per heavy atom. The molecule has 0 atom stereocenters. The number of nitro benzene ring substituents is 1. The van der Waals surface area contributed by atoms with Crippen LogP contribution in [0.5, 0.6) is 0 Å². The Morgan fingerprint density at radius 2 is 2.33 bits per heavy atom. The number of hydrogen-bond acceptors (Lipinski definition) is 6. The molecule has 0 aliphatic carbocycles. The van der Waals surface area contributed by atoms with E-state index >= 15 is 0 Å². The van der Waals surface area contributed by atoms with Crippen molar-refractivity contribution in [1.29, 1.82) is 0 Å². The number of hydrogen-bond donors (Lipinski definition) is 1. The third-order valence-corrected chi connectivity index (χ3v) is 2.37. The maximum absolute atomic E-state index is 10.6. The van der Waals surface area contributed by atoms with E-state index in [4.69, 9.17) is 4.52 Å². The first-order valence-electron chi connectivity index (χ1n) is 5.45. The molecule has 18 heavy (non-hydrogen) atoms. The fourth-order valence-electron chi connectivity index (χ4n) is 1.51. The van der Waals surface area contributed by atoms with Gasteiger partial charge in [0.05, 0.1) is 4.92 Å². The molecule has 2 rings (SSSR count). The summed E-state index contributed by atoms with van der Waals surface area (Å²) in [5.74, 6) is 0.571. The van der Waals surface area contributed by atoms with E-state index in [-0.39, 0.29) is 5.69 Å². The monoisotopic (exact) mass is 248 g/mol. The van der Waals surface area contributed by atoms with Crippen LogP contribution in [-0.2, 0) is 13.0 Å². The van der Waals surface area contributed by atoms with E-state index in [2.05, 4.69) is 15.5 Å². The van der Waals surface area contributed by atoms with Gasteiger partial charge in [-0.2, -0.15) is 4.98 Å². The lowest BCUT2D eigenvalue weighted by Gasteiger charge is -2.03. The van der Waals surface area contributed by atoms with Gasteiger partial charge >= 0.3 is 0 Å². The van der Waals surface area contributed by atoms with Crippen LogP contribution in [0.2, 0.25) is 0 Å². The van der Waals surface area contributed by atoms with Crippen LogP contribution in [-0.4, -0.2) is 21.6 Å². The van der Waals surface area contributed by atoms with Gasteiger partial charge in [-0.3, -0.25) is 10.1 Å². The summed E-state index contributed by atoms with van der Waals surface area (Å²) in [5, 5.41) is 17.3. The normalized spacial score (nSPS) is 10.4. The molecule has 0 bridgehead atoms. The molecule has 2 aromatic rings. The van der Waals surface area contributed by atoms with Crippen LogP contribution in [0.25, 0.3) is 0 Å². The van der Waals surface area contributed by atoms with Crippen molar-refractivity contribution in [1.82, 2.24) is 15.5 Å². The quantitative estimate of drug-likeness (QED) is 0.470. The van der Waals surface area contributed by atoms with E-state index in [0.29, 0.717) is 25.4 Å². The van der Waals surface area contributed by atoms with Gasteiger partial charge in [-0.25, -0.2) is 0 Å². The third kappa shape index (κ3) is 3.36. The predicted octanol–water partition coefficient (Wildman–Crippen LogP) is 1.31. The lowest BCUT2D eigenvalue weighted by molar-refractivity contribution is -0.384. The average Bonchev–Trinajstić information content (AvgIpc) is 2.88. The number of aromatic nitrogens is 2. The standard InChI is InChI=1S/C11H12N4O3/c16-15(17)10-3-1-2-9(6-10)7-12-5-4-11-13-8-14-18-11/h1-3,6,8,12H,4-5,7H2. The summed E-state index contributed by atoms with van der Waals surface area (Å²) in [4.78, 5) is 14.1. The summed E-state index contributed by atoms with van der Waals surface area (Å²) >= 11 is 0. The Hall–Kier alpha value is -2.28. The highest BCUT2D eigenvalue weighted by molar-refractivity contribution is 5.34. The number of nitrogens with zero attached hydrogens (tertiary/aromatic N) is 3. The van der Waals surface area contributed by atoms with Crippen molar-refractivity contribution in [3.8, 4) is 0 Å². The van der Waals surface area contributed by atoms with Crippen LogP contribution < -0.4 is 5.32 Å². The number of nitro groups is 1. The van der Waals surface area contributed by atoms with E-state index in [0.717, 1.165) is 5.56 Å². The van der Waals surface area contributed by atoms with Gasteiger partial charge in [0.1, 0.15) is 0 Å². The highest BCUT2D eigenvalue weighted by Gasteiger charge is 2.05. The van der Waals surface area contributed by atoms with E-state index in [1.165, 1.54) is 12.4 Å². The summed E-state index contributed by atoms with van der Waals surface area (Å²) in [5.41, 5.74) is 0.973. The van der Waals surface area contributed by atoms with Crippen LogP contribution in [0.3, 0.4) is 0 Å². The highest BCUT2D eigenvalue weighted by atomic mass is 16.6. The van der Waals surface area contributed by atoms with Crippen molar-refractivity contribution >= 4 is 5.69 Å². The number of non-ortho nitro benzene ring substituents is 1. The Balaban J connectivity index is 1.79. The topological polar surface area (TPSA) is 94.1 Å². The molecule has 1 aromatic carbocycles. The average molecular weight is 248 g/mol. The molecule has 0 saturated heterocycles. The van der Waals surface area contributed by atoms with Crippen molar-refractivity contribution < 1.29 is 9.45 Å². The second kappa shape index (κ2) is 5.87. The molecule has 94 valence electrons. The number of nitrogens with one attached hydrogen (secondary N) is 1. The van der Waals surface area contributed by atoms with E-state index < -0.39 is 4.92 Å². The molecule has 1 aromatic heterocycles. The Morgan fingerprint density at radius 1 is 1.44 bits per heavy atom. The largest absolute Gasteiger partial charge is 0.340 e. The Bertz CT molecular complexity index is 513. The zero-order valence-electron chi connectivity index (χ0n) is 9.57. The van der Waals surface area contributed by atoms with Crippen molar-refractivity contribution in [2.75, 3.05) is 6.54 Å². The van der Waals surface area contributed by atoms with Crippen LogP contribution in [0, 0.1) is 10.1 Å². The van der Waals surface area contributed by atoms with Gasteiger partial charge < -0.3 is 9.84 Å². The fraction of sp³-hybridized carbons (Fsp3) is 0.273. The molecule has 0 unspecified atom stereocenters. The van der Waals surface area contributed by atoms with Crippen LogP contribution >= 0.6 is 0 Å². The molecule has 0 fully saturated rings. The van der Waals surface area contributed by atoms with Gasteiger partial charge in [-0.05, 0) is 5.56 Å². The lowest BCUT2D eigenvalue weighted by atomic mass is 10.2. The minimum atomic E-state index is -0.401. The Labute approximate surface area is 103 Å². The van der Waals surface area contributed by atoms with Crippen molar-refractivity contribution in [2.24, 2.45) is 0 Å². The van der Waals surface area contributed by atoms with Crippen molar-refractivity contribution in [3.05, 3.63) is 52.2 Å². The maximum atomic E-state index is 10.6. The molecule has 0 aliphatic heterocycles. The summed E-state index contributed by atoms with van der Waals surface area (Å²) in [6.45, 7) is 1.24. The molecule has 0 aliphatic rings. The van der Waals surface area contributed by atoms with Gasteiger partial charge in [0, 0.05) is 31.6 Å². The first-order valence-corrected chi connectivity index (χ1v) is 5.45. The van der Waals surface area contributed by atoms with Crippen LogP contribution in [0.1, 0.15) is 11.5 Å². The highest BCUT2D eigenvalue weighted by Crippen LogP contribution is 2.12. The molecule has 0 amide bonds. The number of benzene rings is 1. The molecule has 0 saturated carbocycles. The van der Waals surface area contributed by atoms with E-state index in [1.807, 2.05) is 6.07 Å². The molecule has 1 heterocycles. The third-order valence-electron chi connectivity index (χ3n) is 2.37. The SMILES string of the molecule is O=[N+]([O-])c1cccc(CNCCc2ncno2)c1. The molecular weight excluding hydrogens is 236 g/mol. The summed E-state index contributed by atoms with van der Waals surface area (Å²) in [6, 6.07) is 6.54. The summed E-state index contributed by atoms with van der Waals surface area (Å²) in [6.07, 6.45) is 1.99. The molecule has 0 radical (unpaired) electrons. The van der Waals surface area contributed by atoms with Gasteiger partial charge in [0.25, 0.3) is 5.69 Å². The maximum Gasteiger partial charge on any atom is 0.269 e. The van der Waals surface area contributed by atoms with Crippen LogP contribution in [0.15, 0.2) is 35.1 Å². The molecular formula is C11H12N4O3. The molecule has 0 spiro atoms. The lowest BCUT2D eigenvalue weighted by Crippen LogP contribution is -2.16. The zero-order chi connectivity index (χ0) is 12.8. The van der Waals surface area contributed by atoms with E-state index in [1.54, 1.807) is 12.1 Å². The van der Waals surface area contributed by atoms with Gasteiger partial charge in [-0.1, -0.05) is 17.3 Å². The first kappa shape index (κ1) is 12.2. The van der Waals surface area contributed by atoms with Crippen LogP contribution in [0.4, 0.5) is 5.69 Å². The molecule has 7 heteroatoms. The molecule has 7 nitrogen and oxygen atoms in total. The fourth-order valence-corrected chi connectivity index (χ4v) is 1.51. The van der Waals surface area contributed by atoms with Gasteiger partial charge in [-0.15, -0.1) is 0 Å². The minimum absolute atomic E-state index is 0.103.